The van der Waals surface area contributed by atoms with Crippen LogP contribution in [0.25, 0.3) is 0 Å². The van der Waals surface area contributed by atoms with Crippen LogP contribution in [0, 0.1) is 5.92 Å². The maximum atomic E-state index is 6.22. The summed E-state index contributed by atoms with van der Waals surface area (Å²) in [7, 11) is 1.68. The Hall–Kier alpha value is -1.72. The lowest BCUT2D eigenvalue weighted by molar-refractivity contribution is -0.0381. The number of nitrogens with one attached hydrogen (secondary N) is 1. The highest BCUT2D eigenvalue weighted by molar-refractivity contribution is 9.10. The number of halogens is 1. The summed E-state index contributed by atoms with van der Waals surface area (Å²) in [4.78, 5) is 0. The Morgan fingerprint density at radius 3 is 2.88 bits per heavy atom. The summed E-state index contributed by atoms with van der Waals surface area (Å²) in [5, 5.41) is 3.75. The van der Waals surface area contributed by atoms with Gasteiger partial charge in [0, 0.05) is 28.2 Å². The van der Waals surface area contributed by atoms with Crippen molar-refractivity contribution in [1.29, 1.82) is 0 Å². The van der Waals surface area contributed by atoms with Crippen LogP contribution in [0.2, 0.25) is 0 Å². The lowest BCUT2D eigenvalue weighted by atomic mass is 9.77. The highest BCUT2D eigenvalue weighted by Gasteiger charge is 2.40. The summed E-state index contributed by atoms with van der Waals surface area (Å²) in [5.41, 5.74) is 3.61. The fourth-order valence-corrected chi connectivity index (χ4v) is 4.51. The Bertz CT molecular complexity index is 795. The number of hydrogen-bond acceptors (Lipinski definition) is 4. The molecule has 2 aliphatic heterocycles. The standard InChI is InChI=1S/C21H24BrNO3/c1-3-25-19-11-13(6-9-18(19)24-2)20-15-5-4-10-26-21(15)16-12-14(22)7-8-17(16)23-20/h6-9,11-12,15,20-21,23H,3-5,10H2,1-2H3/t15-,20?,21-/m0/s1. The van der Waals surface area contributed by atoms with Crippen LogP contribution >= 0.6 is 15.9 Å². The van der Waals surface area contributed by atoms with E-state index in [-0.39, 0.29) is 12.1 Å². The molecule has 4 rings (SSSR count). The van der Waals surface area contributed by atoms with E-state index in [1.54, 1.807) is 7.11 Å². The first-order valence-electron chi connectivity index (χ1n) is 9.19. The Kier molecular flexibility index (Phi) is 5.09. The number of ether oxygens (including phenoxy) is 3. The van der Waals surface area contributed by atoms with Crippen LogP contribution in [0.4, 0.5) is 5.69 Å². The molecule has 26 heavy (non-hydrogen) atoms. The summed E-state index contributed by atoms with van der Waals surface area (Å²) >= 11 is 3.60. The number of anilines is 1. The van der Waals surface area contributed by atoms with Crippen molar-refractivity contribution in [2.75, 3.05) is 25.6 Å². The number of methoxy groups -OCH3 is 1. The van der Waals surface area contributed by atoms with Gasteiger partial charge in [-0.15, -0.1) is 0 Å². The van der Waals surface area contributed by atoms with E-state index in [4.69, 9.17) is 14.2 Å². The third-order valence-electron chi connectivity index (χ3n) is 5.27. The zero-order valence-corrected chi connectivity index (χ0v) is 16.7. The van der Waals surface area contributed by atoms with Crippen molar-refractivity contribution in [3.05, 3.63) is 52.0 Å². The Morgan fingerprint density at radius 2 is 2.08 bits per heavy atom. The van der Waals surface area contributed by atoms with Gasteiger partial charge in [-0.25, -0.2) is 0 Å². The van der Waals surface area contributed by atoms with Crippen LogP contribution in [0.1, 0.15) is 43.0 Å². The van der Waals surface area contributed by atoms with Gasteiger partial charge in [-0.1, -0.05) is 22.0 Å². The van der Waals surface area contributed by atoms with Gasteiger partial charge in [0.05, 0.1) is 25.9 Å². The highest BCUT2D eigenvalue weighted by atomic mass is 79.9. The molecule has 1 fully saturated rings. The van der Waals surface area contributed by atoms with E-state index in [0.717, 1.165) is 41.1 Å². The second-order valence-electron chi connectivity index (χ2n) is 6.79. The monoisotopic (exact) mass is 417 g/mol. The van der Waals surface area contributed by atoms with Gasteiger partial charge < -0.3 is 19.5 Å². The number of benzene rings is 2. The lowest BCUT2D eigenvalue weighted by Crippen LogP contribution is -2.36. The molecular weight excluding hydrogens is 394 g/mol. The molecule has 0 amide bonds. The van der Waals surface area contributed by atoms with E-state index in [9.17, 15) is 0 Å². The average molecular weight is 418 g/mol. The number of hydrogen-bond donors (Lipinski definition) is 1. The summed E-state index contributed by atoms with van der Waals surface area (Å²) in [5.74, 6) is 1.96. The van der Waals surface area contributed by atoms with Crippen molar-refractivity contribution in [3.63, 3.8) is 0 Å². The molecule has 0 bridgehead atoms. The SMILES string of the molecule is CCOc1cc(C2Nc3ccc(Br)cc3[C@H]3OCCC[C@@H]23)ccc1OC. The molecule has 3 atom stereocenters. The van der Waals surface area contributed by atoms with Gasteiger partial charge in [-0.2, -0.15) is 0 Å². The molecule has 1 N–H and O–H groups in total. The van der Waals surface area contributed by atoms with Gasteiger partial charge in [0.15, 0.2) is 11.5 Å². The zero-order valence-electron chi connectivity index (χ0n) is 15.1. The second kappa shape index (κ2) is 7.49. The maximum absolute atomic E-state index is 6.22. The molecule has 2 heterocycles. The summed E-state index contributed by atoms with van der Waals surface area (Å²) in [6.45, 7) is 3.43. The highest BCUT2D eigenvalue weighted by Crippen LogP contribution is 2.50. The minimum Gasteiger partial charge on any atom is -0.493 e. The number of fused-ring (bicyclic) bond motifs is 3. The van der Waals surface area contributed by atoms with Crippen LogP contribution in [0.5, 0.6) is 11.5 Å². The molecule has 2 aromatic carbocycles. The zero-order chi connectivity index (χ0) is 18.1. The van der Waals surface area contributed by atoms with E-state index < -0.39 is 0 Å². The molecule has 0 spiro atoms. The summed E-state index contributed by atoms with van der Waals surface area (Å²) in [6, 6.07) is 12.8. The Balaban J connectivity index is 1.74. The molecule has 1 unspecified atom stereocenters. The molecule has 138 valence electrons. The maximum Gasteiger partial charge on any atom is 0.161 e. The van der Waals surface area contributed by atoms with Gasteiger partial charge in [0.1, 0.15) is 0 Å². The molecule has 0 radical (unpaired) electrons. The van der Waals surface area contributed by atoms with Gasteiger partial charge in [-0.3, -0.25) is 0 Å². The molecule has 2 aromatic rings. The first-order valence-corrected chi connectivity index (χ1v) is 9.99. The van der Waals surface area contributed by atoms with Crippen LogP contribution in [-0.2, 0) is 4.74 Å². The van der Waals surface area contributed by atoms with Crippen molar-refractivity contribution in [1.82, 2.24) is 0 Å². The Morgan fingerprint density at radius 1 is 1.19 bits per heavy atom. The summed E-state index contributed by atoms with van der Waals surface area (Å²) < 4.78 is 18.5. The third-order valence-corrected chi connectivity index (χ3v) is 5.77. The normalized spacial score (nSPS) is 24.2. The molecule has 4 nitrogen and oxygen atoms in total. The molecule has 0 aromatic heterocycles. The van der Waals surface area contributed by atoms with Gasteiger partial charge >= 0.3 is 0 Å². The van der Waals surface area contributed by atoms with Gasteiger partial charge in [0.2, 0.25) is 0 Å². The minimum atomic E-state index is 0.125. The van der Waals surface area contributed by atoms with Crippen molar-refractivity contribution < 1.29 is 14.2 Å². The lowest BCUT2D eigenvalue weighted by Gasteiger charge is -2.43. The quantitative estimate of drug-likeness (QED) is 0.713. The van der Waals surface area contributed by atoms with E-state index in [2.05, 4.69) is 51.6 Å². The molecule has 1 saturated heterocycles. The average Bonchev–Trinajstić information content (AvgIpc) is 2.68. The van der Waals surface area contributed by atoms with E-state index in [0.29, 0.717) is 12.5 Å². The third kappa shape index (κ3) is 3.19. The molecule has 2 aliphatic rings. The van der Waals surface area contributed by atoms with Crippen LogP contribution in [-0.4, -0.2) is 20.3 Å². The summed E-state index contributed by atoms with van der Waals surface area (Å²) in [6.07, 6.45) is 2.36. The largest absolute Gasteiger partial charge is 0.493 e. The second-order valence-corrected chi connectivity index (χ2v) is 7.71. The molecule has 0 saturated carbocycles. The van der Waals surface area contributed by atoms with Crippen molar-refractivity contribution in [2.24, 2.45) is 5.92 Å². The van der Waals surface area contributed by atoms with Gasteiger partial charge in [-0.05, 0) is 55.7 Å². The fraction of sp³-hybridized carbons (Fsp3) is 0.429. The molecule has 0 aliphatic carbocycles. The van der Waals surface area contributed by atoms with E-state index in [1.165, 1.54) is 11.1 Å². The molecular formula is C21H24BrNO3. The number of rotatable bonds is 4. The van der Waals surface area contributed by atoms with Gasteiger partial charge in [0.25, 0.3) is 0 Å². The van der Waals surface area contributed by atoms with Crippen LogP contribution in [0.3, 0.4) is 0 Å². The first kappa shape index (κ1) is 17.7. The van der Waals surface area contributed by atoms with Crippen molar-refractivity contribution in [3.8, 4) is 11.5 Å². The van der Waals surface area contributed by atoms with Crippen LogP contribution < -0.4 is 14.8 Å². The predicted octanol–water partition coefficient (Wildman–Crippen LogP) is 5.49. The topological polar surface area (TPSA) is 39.7 Å². The predicted molar refractivity (Wildman–Crippen MR) is 106 cm³/mol. The Labute approximate surface area is 163 Å². The molecule has 5 heteroatoms. The van der Waals surface area contributed by atoms with Crippen molar-refractivity contribution >= 4 is 21.6 Å². The van der Waals surface area contributed by atoms with E-state index in [1.807, 2.05) is 13.0 Å². The first-order chi connectivity index (χ1) is 12.7. The smallest absolute Gasteiger partial charge is 0.161 e. The fourth-order valence-electron chi connectivity index (χ4n) is 4.13. The minimum absolute atomic E-state index is 0.125. The van der Waals surface area contributed by atoms with Crippen molar-refractivity contribution in [2.45, 2.75) is 31.9 Å². The van der Waals surface area contributed by atoms with Crippen LogP contribution in [0.15, 0.2) is 40.9 Å². The van der Waals surface area contributed by atoms with E-state index >= 15 is 0 Å².